The van der Waals surface area contributed by atoms with Gasteiger partial charge >= 0.3 is 0 Å². The number of carbonyl (C=O) groups excluding carboxylic acids is 1. The quantitative estimate of drug-likeness (QED) is 0.757. The van der Waals surface area contributed by atoms with Gasteiger partial charge in [0.25, 0.3) is 5.91 Å². The predicted molar refractivity (Wildman–Crippen MR) is 93.1 cm³/mol. The fourth-order valence-electron chi connectivity index (χ4n) is 2.35. The third kappa shape index (κ3) is 3.64. The van der Waals surface area contributed by atoms with Crippen LogP contribution in [0.25, 0.3) is 11.1 Å². The van der Waals surface area contributed by atoms with Gasteiger partial charge < -0.3 is 11.1 Å². The van der Waals surface area contributed by atoms with Gasteiger partial charge in [-0.05, 0) is 34.7 Å². The summed E-state index contributed by atoms with van der Waals surface area (Å²) in [4.78, 5) is 17.9. The van der Waals surface area contributed by atoms with Gasteiger partial charge in [0.2, 0.25) is 0 Å². The van der Waals surface area contributed by atoms with Crippen molar-refractivity contribution in [2.75, 3.05) is 0 Å². The zero-order chi connectivity index (χ0) is 16.1. The molecule has 5 heteroatoms. The monoisotopic (exact) mass is 323 g/mol. The number of benzene rings is 1. The van der Waals surface area contributed by atoms with Crippen LogP contribution in [0.3, 0.4) is 0 Å². The molecule has 0 aliphatic heterocycles. The number of nitrogens with two attached hydrogens (primary N) is 1. The Morgan fingerprint density at radius 1 is 1.17 bits per heavy atom. The van der Waals surface area contributed by atoms with E-state index in [4.69, 9.17) is 5.73 Å². The van der Waals surface area contributed by atoms with Crippen LogP contribution in [0.1, 0.15) is 20.9 Å². The molecule has 0 unspecified atom stereocenters. The molecule has 4 nitrogen and oxygen atoms in total. The number of hydrogen-bond donors (Lipinski definition) is 2. The number of carbonyl (C=O) groups is 1. The molecule has 0 saturated carbocycles. The molecule has 3 rings (SSSR count). The fraction of sp³-hybridized carbons (Fsp3) is 0.111. The number of nitrogens with zero attached hydrogens (tertiary/aromatic N) is 1. The molecule has 0 saturated heterocycles. The number of aromatic nitrogens is 1. The van der Waals surface area contributed by atoms with Gasteiger partial charge in [-0.2, -0.15) is 0 Å². The van der Waals surface area contributed by atoms with Crippen LogP contribution in [0.5, 0.6) is 0 Å². The van der Waals surface area contributed by atoms with Crippen LogP contribution < -0.4 is 11.1 Å². The predicted octanol–water partition coefficient (Wildman–Crippen LogP) is 3.20. The van der Waals surface area contributed by atoms with Gasteiger partial charge in [-0.25, -0.2) is 0 Å². The van der Waals surface area contributed by atoms with E-state index in [0.29, 0.717) is 18.8 Å². The van der Waals surface area contributed by atoms with Gasteiger partial charge in [-0.3, -0.25) is 9.78 Å². The molecule has 1 amide bonds. The summed E-state index contributed by atoms with van der Waals surface area (Å²) in [5.41, 5.74) is 8.91. The lowest BCUT2D eigenvalue weighted by atomic mass is 10.0. The smallest absolute Gasteiger partial charge is 0.270 e. The standard InChI is InChI=1S/C18H17N3OS/c19-11-13-4-1-5-14(10-13)16-7-2-8-20-17(16)18(22)21-12-15-6-3-9-23-15/h1-10H,11-12,19H2,(H,21,22). The topological polar surface area (TPSA) is 68.0 Å². The van der Waals surface area contributed by atoms with Crippen molar-refractivity contribution in [3.05, 3.63) is 76.2 Å². The van der Waals surface area contributed by atoms with E-state index in [1.54, 1.807) is 17.5 Å². The van der Waals surface area contributed by atoms with E-state index >= 15 is 0 Å². The molecule has 0 fully saturated rings. The van der Waals surface area contributed by atoms with Crippen molar-refractivity contribution in [1.82, 2.24) is 10.3 Å². The molecule has 0 aliphatic rings. The third-order valence-electron chi connectivity index (χ3n) is 3.50. The molecule has 3 N–H and O–H groups in total. The lowest BCUT2D eigenvalue weighted by Crippen LogP contribution is -2.24. The van der Waals surface area contributed by atoms with Crippen LogP contribution in [0.4, 0.5) is 0 Å². The molecular weight excluding hydrogens is 306 g/mol. The molecule has 23 heavy (non-hydrogen) atoms. The lowest BCUT2D eigenvalue weighted by molar-refractivity contribution is 0.0947. The molecule has 1 aromatic carbocycles. The molecule has 0 radical (unpaired) electrons. The maximum Gasteiger partial charge on any atom is 0.270 e. The van der Waals surface area contributed by atoms with Crippen molar-refractivity contribution in [3.63, 3.8) is 0 Å². The van der Waals surface area contributed by atoms with Gasteiger partial charge in [0.05, 0.1) is 6.54 Å². The second-order valence-electron chi connectivity index (χ2n) is 5.07. The number of nitrogens with one attached hydrogen (secondary N) is 1. The first-order valence-corrected chi connectivity index (χ1v) is 8.21. The maximum absolute atomic E-state index is 12.5. The van der Waals surface area contributed by atoms with E-state index in [0.717, 1.165) is 21.6 Å². The van der Waals surface area contributed by atoms with Crippen molar-refractivity contribution >= 4 is 17.2 Å². The van der Waals surface area contributed by atoms with Gasteiger partial charge in [0.1, 0.15) is 5.69 Å². The highest BCUT2D eigenvalue weighted by atomic mass is 32.1. The summed E-state index contributed by atoms with van der Waals surface area (Å²) >= 11 is 1.62. The summed E-state index contributed by atoms with van der Waals surface area (Å²) in [6.07, 6.45) is 1.64. The van der Waals surface area contributed by atoms with Crippen molar-refractivity contribution < 1.29 is 4.79 Å². The third-order valence-corrected chi connectivity index (χ3v) is 4.38. The molecule has 116 valence electrons. The summed E-state index contributed by atoms with van der Waals surface area (Å²) in [5, 5.41) is 4.92. The number of rotatable bonds is 5. The largest absolute Gasteiger partial charge is 0.346 e. The van der Waals surface area contributed by atoms with E-state index in [2.05, 4.69) is 10.3 Å². The molecule has 0 aliphatic carbocycles. The zero-order valence-corrected chi connectivity index (χ0v) is 13.3. The average Bonchev–Trinajstić information content (AvgIpc) is 3.13. The fourth-order valence-corrected chi connectivity index (χ4v) is 2.99. The minimum atomic E-state index is -0.174. The lowest BCUT2D eigenvalue weighted by Gasteiger charge is -2.10. The molecular formula is C18H17N3OS. The normalized spacial score (nSPS) is 10.5. The van der Waals surface area contributed by atoms with Crippen molar-refractivity contribution in [2.45, 2.75) is 13.1 Å². The Bertz CT molecular complexity index is 800. The average molecular weight is 323 g/mol. The van der Waals surface area contributed by atoms with Crippen LogP contribution in [-0.4, -0.2) is 10.9 Å². The Morgan fingerprint density at radius 2 is 2.09 bits per heavy atom. The van der Waals surface area contributed by atoms with Crippen LogP contribution in [-0.2, 0) is 13.1 Å². The van der Waals surface area contributed by atoms with E-state index in [9.17, 15) is 4.79 Å². The summed E-state index contributed by atoms with van der Waals surface area (Å²) < 4.78 is 0. The summed E-state index contributed by atoms with van der Waals surface area (Å²) in [6, 6.07) is 15.6. The minimum Gasteiger partial charge on any atom is -0.346 e. The summed E-state index contributed by atoms with van der Waals surface area (Å²) in [6.45, 7) is 0.976. The highest BCUT2D eigenvalue weighted by Crippen LogP contribution is 2.23. The first kappa shape index (κ1) is 15.4. The molecule has 2 aromatic heterocycles. The van der Waals surface area contributed by atoms with Crippen molar-refractivity contribution in [1.29, 1.82) is 0 Å². The Kier molecular flexibility index (Phi) is 4.80. The Hall–Kier alpha value is -2.50. The zero-order valence-electron chi connectivity index (χ0n) is 12.5. The first-order valence-electron chi connectivity index (χ1n) is 7.33. The van der Waals surface area contributed by atoms with Gasteiger partial charge in [0.15, 0.2) is 0 Å². The summed E-state index contributed by atoms with van der Waals surface area (Å²) in [7, 11) is 0. The van der Waals surface area contributed by atoms with Crippen LogP contribution in [0.15, 0.2) is 60.1 Å². The molecule has 0 bridgehead atoms. The number of hydrogen-bond acceptors (Lipinski definition) is 4. The number of amides is 1. The molecule has 0 atom stereocenters. The Balaban J connectivity index is 1.86. The van der Waals surface area contributed by atoms with Gasteiger partial charge in [0, 0.05) is 23.2 Å². The minimum absolute atomic E-state index is 0.174. The molecule has 0 spiro atoms. The summed E-state index contributed by atoms with van der Waals surface area (Å²) in [5.74, 6) is -0.174. The van der Waals surface area contributed by atoms with Crippen LogP contribution in [0, 0.1) is 0 Å². The van der Waals surface area contributed by atoms with Crippen LogP contribution >= 0.6 is 11.3 Å². The van der Waals surface area contributed by atoms with Gasteiger partial charge in [-0.15, -0.1) is 11.3 Å². The Labute approximate surface area is 139 Å². The number of thiophene rings is 1. The maximum atomic E-state index is 12.5. The van der Waals surface area contributed by atoms with E-state index in [1.807, 2.05) is 53.9 Å². The SMILES string of the molecule is NCc1cccc(-c2cccnc2C(=O)NCc2cccs2)c1. The second kappa shape index (κ2) is 7.17. The van der Waals surface area contributed by atoms with E-state index < -0.39 is 0 Å². The van der Waals surface area contributed by atoms with E-state index in [-0.39, 0.29) is 5.91 Å². The molecule has 2 heterocycles. The van der Waals surface area contributed by atoms with Crippen LogP contribution in [0.2, 0.25) is 0 Å². The highest BCUT2D eigenvalue weighted by Gasteiger charge is 2.14. The van der Waals surface area contributed by atoms with E-state index in [1.165, 1.54) is 0 Å². The van der Waals surface area contributed by atoms with Crippen molar-refractivity contribution in [2.24, 2.45) is 5.73 Å². The Morgan fingerprint density at radius 3 is 2.87 bits per heavy atom. The van der Waals surface area contributed by atoms with Gasteiger partial charge in [-0.1, -0.05) is 30.3 Å². The second-order valence-corrected chi connectivity index (χ2v) is 6.10. The van der Waals surface area contributed by atoms with Crippen molar-refractivity contribution in [3.8, 4) is 11.1 Å². The first-order chi connectivity index (χ1) is 11.3. The highest BCUT2D eigenvalue weighted by molar-refractivity contribution is 7.09. The molecule has 3 aromatic rings. The number of pyridine rings is 1.